The Labute approximate surface area is 103 Å². The Bertz CT molecular complexity index is 384. The van der Waals surface area contributed by atoms with Crippen molar-refractivity contribution in [1.29, 1.82) is 0 Å². The highest BCUT2D eigenvalue weighted by Gasteiger charge is 2.20. The van der Waals surface area contributed by atoms with Gasteiger partial charge in [-0.15, -0.1) is 0 Å². The minimum Gasteiger partial charge on any atom is -0.366 e. The molecule has 1 atom stereocenters. The van der Waals surface area contributed by atoms with E-state index < -0.39 is 0 Å². The molecule has 0 bridgehead atoms. The number of fused-ring (bicyclic) bond motifs is 1. The quantitative estimate of drug-likeness (QED) is 0.777. The van der Waals surface area contributed by atoms with E-state index in [9.17, 15) is 4.79 Å². The largest absolute Gasteiger partial charge is 0.366 e. The SMILES string of the molecule is CCCC(=O)COC1CCCc2ccccc21. The van der Waals surface area contributed by atoms with Crippen molar-refractivity contribution in [3.63, 3.8) is 0 Å². The predicted octanol–water partition coefficient (Wildman–Crippen LogP) is 3.45. The van der Waals surface area contributed by atoms with Gasteiger partial charge in [-0.2, -0.15) is 0 Å². The number of carbonyl (C=O) groups excluding carboxylic acids is 1. The minimum atomic E-state index is 0.126. The fourth-order valence-corrected chi connectivity index (χ4v) is 2.43. The van der Waals surface area contributed by atoms with Crippen molar-refractivity contribution in [2.45, 2.75) is 45.1 Å². The van der Waals surface area contributed by atoms with E-state index >= 15 is 0 Å². The predicted molar refractivity (Wildman–Crippen MR) is 68.0 cm³/mol. The lowest BCUT2D eigenvalue weighted by molar-refractivity contribution is -0.126. The summed E-state index contributed by atoms with van der Waals surface area (Å²) in [5.41, 5.74) is 2.66. The molecule has 2 rings (SSSR count). The molecule has 1 aliphatic carbocycles. The van der Waals surface area contributed by atoms with Gasteiger partial charge in [0.15, 0.2) is 5.78 Å². The summed E-state index contributed by atoms with van der Waals surface area (Å²) >= 11 is 0. The molecule has 0 aliphatic heterocycles. The summed E-state index contributed by atoms with van der Waals surface area (Å²) in [5.74, 6) is 0.218. The zero-order valence-corrected chi connectivity index (χ0v) is 10.4. The second-order valence-corrected chi connectivity index (χ2v) is 4.68. The molecule has 0 N–H and O–H groups in total. The first-order valence-corrected chi connectivity index (χ1v) is 6.52. The lowest BCUT2D eigenvalue weighted by Gasteiger charge is -2.25. The number of aryl methyl sites for hydroxylation is 1. The summed E-state index contributed by atoms with van der Waals surface area (Å²) in [6.45, 7) is 2.29. The smallest absolute Gasteiger partial charge is 0.158 e. The molecule has 2 nitrogen and oxygen atoms in total. The number of ketones is 1. The molecule has 0 heterocycles. The molecule has 1 unspecified atom stereocenters. The van der Waals surface area contributed by atoms with Gasteiger partial charge in [-0.3, -0.25) is 4.79 Å². The number of carbonyl (C=O) groups is 1. The van der Waals surface area contributed by atoms with Crippen LogP contribution in [0.3, 0.4) is 0 Å². The normalized spacial score (nSPS) is 18.8. The molecule has 0 radical (unpaired) electrons. The van der Waals surface area contributed by atoms with Crippen LogP contribution in [-0.4, -0.2) is 12.4 Å². The second kappa shape index (κ2) is 5.97. The van der Waals surface area contributed by atoms with Gasteiger partial charge in [0.25, 0.3) is 0 Å². The van der Waals surface area contributed by atoms with E-state index in [1.165, 1.54) is 11.1 Å². The summed E-state index contributed by atoms with van der Waals surface area (Å²) in [4.78, 5) is 11.5. The molecular formula is C15H20O2. The van der Waals surface area contributed by atoms with Crippen LogP contribution in [-0.2, 0) is 16.0 Å². The molecule has 1 aromatic rings. The lowest BCUT2D eigenvalue weighted by Crippen LogP contribution is -2.17. The molecule has 17 heavy (non-hydrogen) atoms. The molecule has 0 spiro atoms. The first-order valence-electron chi connectivity index (χ1n) is 6.52. The van der Waals surface area contributed by atoms with E-state index in [4.69, 9.17) is 4.74 Å². The van der Waals surface area contributed by atoms with E-state index in [-0.39, 0.29) is 18.5 Å². The van der Waals surface area contributed by atoms with Crippen molar-refractivity contribution in [2.24, 2.45) is 0 Å². The minimum absolute atomic E-state index is 0.126. The molecule has 0 fully saturated rings. The van der Waals surface area contributed by atoms with Crippen molar-refractivity contribution < 1.29 is 9.53 Å². The van der Waals surface area contributed by atoms with Gasteiger partial charge in [-0.05, 0) is 36.8 Å². The molecule has 2 heteroatoms. The van der Waals surface area contributed by atoms with Gasteiger partial charge in [0.05, 0.1) is 6.10 Å². The first-order chi connectivity index (χ1) is 8.31. The van der Waals surface area contributed by atoms with Gasteiger partial charge in [-0.25, -0.2) is 0 Å². The summed E-state index contributed by atoms with van der Waals surface area (Å²) in [6, 6.07) is 8.42. The maximum absolute atomic E-state index is 11.5. The summed E-state index contributed by atoms with van der Waals surface area (Å²) in [7, 11) is 0. The van der Waals surface area contributed by atoms with Crippen molar-refractivity contribution >= 4 is 5.78 Å². The van der Waals surface area contributed by atoms with Gasteiger partial charge in [0.1, 0.15) is 6.61 Å². The van der Waals surface area contributed by atoms with Crippen LogP contribution in [0, 0.1) is 0 Å². The highest BCUT2D eigenvalue weighted by atomic mass is 16.5. The topological polar surface area (TPSA) is 26.3 Å². The van der Waals surface area contributed by atoms with Crippen LogP contribution in [0.1, 0.15) is 49.8 Å². The Kier molecular flexibility index (Phi) is 4.32. The van der Waals surface area contributed by atoms with Crippen LogP contribution in [0.2, 0.25) is 0 Å². The molecule has 1 aliphatic rings. The second-order valence-electron chi connectivity index (χ2n) is 4.68. The van der Waals surface area contributed by atoms with Crippen LogP contribution >= 0.6 is 0 Å². The van der Waals surface area contributed by atoms with Crippen LogP contribution in [0.25, 0.3) is 0 Å². The van der Waals surface area contributed by atoms with Crippen LogP contribution in [0.5, 0.6) is 0 Å². The zero-order chi connectivity index (χ0) is 12.1. The van der Waals surface area contributed by atoms with Gasteiger partial charge in [0.2, 0.25) is 0 Å². The standard InChI is InChI=1S/C15H20O2/c1-2-6-13(16)11-17-15-10-5-8-12-7-3-4-9-14(12)15/h3-4,7,9,15H,2,5-6,8,10-11H2,1H3. The monoisotopic (exact) mass is 232 g/mol. The maximum Gasteiger partial charge on any atom is 0.158 e. The third kappa shape index (κ3) is 3.16. The number of Topliss-reactive ketones (excluding diaryl/α,β-unsaturated/α-hetero) is 1. The fraction of sp³-hybridized carbons (Fsp3) is 0.533. The summed E-state index contributed by atoms with van der Waals surface area (Å²) in [6.07, 6.45) is 5.00. The van der Waals surface area contributed by atoms with Crippen molar-refractivity contribution in [3.05, 3.63) is 35.4 Å². The summed E-state index contributed by atoms with van der Waals surface area (Å²) in [5, 5.41) is 0. The Morgan fingerprint density at radius 2 is 2.24 bits per heavy atom. The molecule has 0 aromatic heterocycles. The molecule has 92 valence electrons. The number of hydrogen-bond acceptors (Lipinski definition) is 2. The third-order valence-electron chi connectivity index (χ3n) is 3.29. The average molecular weight is 232 g/mol. The van der Waals surface area contributed by atoms with E-state index in [0.717, 1.165) is 25.7 Å². The van der Waals surface area contributed by atoms with E-state index in [1.807, 2.05) is 13.0 Å². The molecule has 0 saturated heterocycles. The van der Waals surface area contributed by atoms with E-state index in [2.05, 4.69) is 18.2 Å². The highest BCUT2D eigenvalue weighted by molar-refractivity contribution is 5.79. The number of ether oxygens (including phenoxy) is 1. The lowest BCUT2D eigenvalue weighted by atomic mass is 9.89. The van der Waals surface area contributed by atoms with Crippen molar-refractivity contribution in [3.8, 4) is 0 Å². The average Bonchev–Trinajstić information content (AvgIpc) is 2.36. The Hall–Kier alpha value is -1.15. The van der Waals surface area contributed by atoms with Gasteiger partial charge in [-0.1, -0.05) is 31.2 Å². The van der Waals surface area contributed by atoms with Crippen molar-refractivity contribution in [1.82, 2.24) is 0 Å². The van der Waals surface area contributed by atoms with Gasteiger partial charge in [0, 0.05) is 6.42 Å². The maximum atomic E-state index is 11.5. The van der Waals surface area contributed by atoms with Gasteiger partial charge >= 0.3 is 0 Å². The third-order valence-corrected chi connectivity index (χ3v) is 3.29. The highest BCUT2D eigenvalue weighted by Crippen LogP contribution is 2.32. The van der Waals surface area contributed by atoms with Gasteiger partial charge < -0.3 is 4.74 Å². The number of rotatable bonds is 5. The summed E-state index contributed by atoms with van der Waals surface area (Å²) < 4.78 is 5.77. The fourth-order valence-electron chi connectivity index (χ4n) is 2.43. The Balaban J connectivity index is 1.97. The van der Waals surface area contributed by atoms with E-state index in [1.54, 1.807) is 0 Å². The van der Waals surface area contributed by atoms with Crippen LogP contribution < -0.4 is 0 Å². The van der Waals surface area contributed by atoms with E-state index in [0.29, 0.717) is 6.42 Å². The Morgan fingerprint density at radius 3 is 3.06 bits per heavy atom. The Morgan fingerprint density at radius 1 is 1.41 bits per heavy atom. The zero-order valence-electron chi connectivity index (χ0n) is 10.4. The molecule has 0 saturated carbocycles. The molecule has 0 amide bonds. The first kappa shape index (κ1) is 12.3. The van der Waals surface area contributed by atoms with Crippen molar-refractivity contribution in [2.75, 3.05) is 6.61 Å². The molecule has 1 aromatic carbocycles. The van der Waals surface area contributed by atoms with Crippen LogP contribution in [0.4, 0.5) is 0 Å². The van der Waals surface area contributed by atoms with Crippen LogP contribution in [0.15, 0.2) is 24.3 Å². The number of hydrogen-bond donors (Lipinski definition) is 0. The number of benzene rings is 1. The molecular weight excluding hydrogens is 212 g/mol.